The predicted octanol–water partition coefficient (Wildman–Crippen LogP) is 2.59. The maximum atomic E-state index is 6.07. The number of hydrogen-bond donors (Lipinski definition) is 0. The maximum absolute atomic E-state index is 6.07. The van der Waals surface area contributed by atoms with Gasteiger partial charge in [0, 0.05) is 0 Å². The van der Waals surface area contributed by atoms with Gasteiger partial charge in [0.1, 0.15) is 0 Å². The Morgan fingerprint density at radius 1 is 1.43 bits per heavy atom. The van der Waals surface area contributed by atoms with Gasteiger partial charge in [0.05, 0.1) is 0 Å². The summed E-state index contributed by atoms with van der Waals surface area (Å²) in [5.41, 5.74) is 0.953. The molecule has 0 heterocycles. The van der Waals surface area contributed by atoms with E-state index < -0.39 is 7.38 Å². The van der Waals surface area contributed by atoms with Crippen LogP contribution in [0.5, 0.6) is 0 Å². The van der Waals surface area contributed by atoms with Crippen molar-refractivity contribution in [2.75, 3.05) is 0 Å². The molecular formula is C5H11ClSi. The topological polar surface area (TPSA) is 0 Å². The van der Waals surface area contributed by atoms with Gasteiger partial charge < -0.3 is 0 Å². The number of hydrogen-bond acceptors (Lipinski definition) is 0. The molecule has 0 radical (unpaired) electrons. The van der Waals surface area contributed by atoms with E-state index in [9.17, 15) is 0 Å². The third-order valence-corrected chi connectivity index (χ3v) is 4.99. The Labute approximate surface area is 50.6 Å². The second kappa shape index (κ2) is 1.49. The van der Waals surface area contributed by atoms with Crippen LogP contribution < -0.4 is 0 Å². The lowest BCUT2D eigenvalue weighted by Gasteiger charge is -2.08. The van der Waals surface area contributed by atoms with Gasteiger partial charge in [-0.25, -0.2) is 0 Å². The van der Waals surface area contributed by atoms with E-state index in [2.05, 4.69) is 13.1 Å². The molecule has 0 nitrogen and oxygen atoms in total. The van der Waals surface area contributed by atoms with Crippen molar-refractivity contribution in [2.45, 2.75) is 31.5 Å². The first-order valence-corrected chi connectivity index (χ1v) is 6.88. The Bertz CT molecular complexity index is 70.6. The molecule has 0 bridgehead atoms. The van der Waals surface area contributed by atoms with Crippen LogP contribution in [-0.2, 0) is 0 Å². The zero-order valence-electron chi connectivity index (χ0n) is 4.87. The van der Waals surface area contributed by atoms with Crippen LogP contribution in [-0.4, -0.2) is 7.38 Å². The van der Waals surface area contributed by atoms with E-state index >= 15 is 0 Å². The molecule has 1 aliphatic rings. The summed E-state index contributed by atoms with van der Waals surface area (Å²) in [6.07, 6.45) is 2.81. The Hall–Kier alpha value is 0.507. The Kier molecular flexibility index (Phi) is 1.20. The normalized spacial score (nSPS) is 22.7. The molecule has 0 aromatic heterocycles. The minimum Gasteiger partial charge on any atom is -0.167 e. The molecule has 0 amide bonds. The molecule has 0 atom stereocenters. The summed E-state index contributed by atoms with van der Waals surface area (Å²) in [7, 11) is -1.15. The van der Waals surface area contributed by atoms with Crippen LogP contribution in [0.25, 0.3) is 0 Å². The Morgan fingerprint density at radius 3 is 1.86 bits per heavy atom. The quantitative estimate of drug-likeness (QED) is 0.382. The monoisotopic (exact) mass is 134 g/mol. The summed E-state index contributed by atoms with van der Waals surface area (Å²) in [5.74, 6) is 0. The molecular weight excluding hydrogens is 124 g/mol. The third kappa shape index (κ3) is 1.46. The van der Waals surface area contributed by atoms with E-state index in [0.717, 1.165) is 5.54 Å². The van der Waals surface area contributed by atoms with E-state index in [1.54, 1.807) is 0 Å². The van der Waals surface area contributed by atoms with Crippen molar-refractivity contribution >= 4 is 18.5 Å². The Morgan fingerprint density at radius 2 is 1.86 bits per heavy atom. The zero-order valence-corrected chi connectivity index (χ0v) is 6.63. The van der Waals surface area contributed by atoms with Crippen molar-refractivity contribution in [3.63, 3.8) is 0 Å². The first-order chi connectivity index (χ1) is 3.11. The van der Waals surface area contributed by atoms with Gasteiger partial charge in [0.25, 0.3) is 0 Å². The largest absolute Gasteiger partial charge is 0.167 e. The summed E-state index contributed by atoms with van der Waals surface area (Å²) < 4.78 is 0. The lowest BCUT2D eigenvalue weighted by molar-refractivity contribution is 1.38. The summed E-state index contributed by atoms with van der Waals surface area (Å²) in [6, 6.07) is 0. The van der Waals surface area contributed by atoms with Crippen molar-refractivity contribution < 1.29 is 0 Å². The highest BCUT2D eigenvalue weighted by molar-refractivity contribution is 7.20. The maximum Gasteiger partial charge on any atom is 0.153 e. The van der Waals surface area contributed by atoms with E-state index in [0.29, 0.717) is 0 Å². The molecule has 7 heavy (non-hydrogen) atoms. The fourth-order valence-electron chi connectivity index (χ4n) is 0.770. The summed E-state index contributed by atoms with van der Waals surface area (Å²) in [5, 5.41) is 0. The highest BCUT2D eigenvalue weighted by Gasteiger charge is 2.37. The molecule has 1 saturated carbocycles. The highest BCUT2D eigenvalue weighted by Crippen LogP contribution is 2.46. The first-order valence-electron chi connectivity index (χ1n) is 2.79. The lowest BCUT2D eigenvalue weighted by atomic mass is 11.0. The molecule has 1 rings (SSSR count). The van der Waals surface area contributed by atoms with Crippen molar-refractivity contribution in [3.05, 3.63) is 0 Å². The van der Waals surface area contributed by atoms with Crippen LogP contribution in [0.3, 0.4) is 0 Å². The highest BCUT2D eigenvalue weighted by atomic mass is 35.6. The summed E-state index contributed by atoms with van der Waals surface area (Å²) >= 11 is 6.07. The molecule has 0 aromatic rings. The van der Waals surface area contributed by atoms with Gasteiger partial charge >= 0.3 is 0 Å². The van der Waals surface area contributed by atoms with E-state index in [1.807, 2.05) is 0 Å². The lowest BCUT2D eigenvalue weighted by Crippen LogP contribution is -2.15. The molecule has 0 spiro atoms. The molecule has 2 heteroatoms. The standard InChI is InChI=1S/C5H11ClSi/c1-7(2,6)5-3-4-5/h5H,3-4H2,1-2H3. The van der Waals surface area contributed by atoms with Crippen LogP contribution in [0.4, 0.5) is 0 Å². The summed E-state index contributed by atoms with van der Waals surface area (Å²) in [4.78, 5) is 0. The average molecular weight is 135 g/mol. The van der Waals surface area contributed by atoms with Crippen molar-refractivity contribution in [1.29, 1.82) is 0 Å². The van der Waals surface area contributed by atoms with Crippen LogP contribution >= 0.6 is 11.1 Å². The van der Waals surface area contributed by atoms with E-state index in [1.165, 1.54) is 12.8 Å². The minimum atomic E-state index is -1.15. The second-order valence-electron chi connectivity index (χ2n) is 2.84. The second-order valence-corrected chi connectivity index (χ2v) is 9.71. The molecule has 1 aliphatic carbocycles. The van der Waals surface area contributed by atoms with Crippen molar-refractivity contribution in [3.8, 4) is 0 Å². The molecule has 0 saturated heterocycles. The smallest absolute Gasteiger partial charge is 0.153 e. The zero-order chi connectivity index (χ0) is 5.49. The van der Waals surface area contributed by atoms with Gasteiger partial charge in [-0.15, -0.1) is 0 Å². The van der Waals surface area contributed by atoms with E-state index in [4.69, 9.17) is 11.1 Å². The van der Waals surface area contributed by atoms with Gasteiger partial charge in [0.2, 0.25) is 0 Å². The van der Waals surface area contributed by atoms with Crippen molar-refractivity contribution in [2.24, 2.45) is 0 Å². The van der Waals surface area contributed by atoms with Gasteiger partial charge in [0.15, 0.2) is 7.38 Å². The SMILES string of the molecule is C[Si](C)(Cl)C1CC1. The fourth-order valence-corrected chi connectivity index (χ4v) is 2.96. The molecule has 0 N–H and O–H groups in total. The Balaban J connectivity index is 2.36. The molecule has 0 aromatic carbocycles. The fraction of sp³-hybridized carbons (Fsp3) is 1.00. The molecule has 0 aliphatic heterocycles. The van der Waals surface area contributed by atoms with Crippen LogP contribution in [0.15, 0.2) is 0 Å². The average Bonchev–Trinajstić information content (AvgIpc) is 1.99. The first kappa shape index (κ1) is 5.64. The summed E-state index contributed by atoms with van der Waals surface area (Å²) in [6.45, 7) is 4.46. The molecule has 1 fully saturated rings. The number of halogens is 1. The minimum absolute atomic E-state index is 0.953. The third-order valence-electron chi connectivity index (χ3n) is 1.55. The predicted molar refractivity (Wildman–Crippen MR) is 36.3 cm³/mol. The van der Waals surface area contributed by atoms with Crippen molar-refractivity contribution in [1.82, 2.24) is 0 Å². The molecule has 0 unspecified atom stereocenters. The van der Waals surface area contributed by atoms with Crippen LogP contribution in [0.2, 0.25) is 18.6 Å². The van der Waals surface area contributed by atoms with Gasteiger partial charge in [-0.1, -0.05) is 25.9 Å². The van der Waals surface area contributed by atoms with Gasteiger partial charge in [-0.05, 0) is 5.54 Å². The molecule has 42 valence electrons. The van der Waals surface area contributed by atoms with Crippen LogP contribution in [0, 0.1) is 0 Å². The van der Waals surface area contributed by atoms with Crippen LogP contribution in [0.1, 0.15) is 12.8 Å². The van der Waals surface area contributed by atoms with Gasteiger partial charge in [-0.2, -0.15) is 11.1 Å². The number of rotatable bonds is 1. The van der Waals surface area contributed by atoms with E-state index in [-0.39, 0.29) is 0 Å². The van der Waals surface area contributed by atoms with Gasteiger partial charge in [-0.3, -0.25) is 0 Å².